The number of carbonyl (C=O) groups excluding carboxylic acids is 1. The largest absolute Gasteiger partial charge is 0.298 e. The van der Waals surface area contributed by atoms with Crippen LogP contribution in [-0.4, -0.2) is 38.3 Å². The number of hydrogen-bond acceptors (Lipinski definition) is 6. The number of amides is 1. The van der Waals surface area contributed by atoms with Gasteiger partial charge in [0.15, 0.2) is 5.13 Å². The SMILES string of the molecule is O=C(Nc1nc(CN2CCCCC2)cs1)c1cnc2ccccn2c1=O. The number of piperidine rings is 1. The van der Waals surface area contributed by atoms with Crippen LogP contribution in [0.15, 0.2) is 40.8 Å². The Labute approximate surface area is 154 Å². The van der Waals surface area contributed by atoms with Crippen LogP contribution in [0.4, 0.5) is 5.13 Å². The molecule has 0 radical (unpaired) electrons. The molecule has 0 spiro atoms. The first-order chi connectivity index (χ1) is 12.7. The number of aromatic nitrogens is 3. The monoisotopic (exact) mass is 369 g/mol. The van der Waals surface area contributed by atoms with Crippen molar-refractivity contribution >= 4 is 28.0 Å². The van der Waals surface area contributed by atoms with Crippen molar-refractivity contribution in [3.8, 4) is 0 Å². The van der Waals surface area contributed by atoms with E-state index in [0.717, 1.165) is 25.3 Å². The highest BCUT2D eigenvalue weighted by molar-refractivity contribution is 7.13. The molecule has 0 unspecified atom stereocenters. The fourth-order valence-electron chi connectivity index (χ4n) is 3.13. The average Bonchev–Trinajstić information content (AvgIpc) is 3.09. The fourth-order valence-corrected chi connectivity index (χ4v) is 3.83. The van der Waals surface area contributed by atoms with Crippen molar-refractivity contribution in [3.05, 3.63) is 57.6 Å². The lowest BCUT2D eigenvalue weighted by atomic mass is 10.1. The zero-order valence-electron chi connectivity index (χ0n) is 14.2. The quantitative estimate of drug-likeness (QED) is 0.764. The molecule has 1 aliphatic rings. The van der Waals surface area contributed by atoms with Crippen LogP contribution < -0.4 is 10.9 Å². The molecule has 7 nitrogen and oxygen atoms in total. The Hall–Kier alpha value is -2.58. The molecule has 0 aromatic carbocycles. The Bertz CT molecular complexity index is 990. The third-order valence-corrected chi connectivity index (χ3v) is 5.27. The summed E-state index contributed by atoms with van der Waals surface area (Å²) in [7, 11) is 0. The van der Waals surface area contributed by atoms with Gasteiger partial charge in [0.05, 0.1) is 5.69 Å². The van der Waals surface area contributed by atoms with Crippen LogP contribution in [-0.2, 0) is 6.54 Å². The van der Waals surface area contributed by atoms with Crippen LogP contribution in [0, 0.1) is 0 Å². The van der Waals surface area contributed by atoms with Crippen molar-refractivity contribution in [1.29, 1.82) is 0 Å². The Morgan fingerprint density at radius 1 is 1.23 bits per heavy atom. The van der Waals surface area contributed by atoms with Gasteiger partial charge in [-0.05, 0) is 38.1 Å². The molecule has 1 aliphatic heterocycles. The molecule has 0 bridgehead atoms. The molecule has 0 aliphatic carbocycles. The van der Waals surface area contributed by atoms with Crippen LogP contribution in [0.3, 0.4) is 0 Å². The number of likely N-dealkylation sites (tertiary alicyclic amines) is 1. The molecule has 1 fully saturated rings. The van der Waals surface area contributed by atoms with E-state index in [1.165, 1.54) is 41.2 Å². The number of carbonyl (C=O) groups is 1. The molecule has 26 heavy (non-hydrogen) atoms. The zero-order valence-corrected chi connectivity index (χ0v) is 15.0. The highest BCUT2D eigenvalue weighted by atomic mass is 32.1. The first-order valence-electron chi connectivity index (χ1n) is 8.65. The van der Waals surface area contributed by atoms with E-state index in [0.29, 0.717) is 10.8 Å². The molecule has 1 amide bonds. The van der Waals surface area contributed by atoms with Crippen LogP contribution >= 0.6 is 11.3 Å². The first-order valence-corrected chi connectivity index (χ1v) is 9.53. The topological polar surface area (TPSA) is 79.6 Å². The second kappa shape index (κ2) is 7.35. The third-order valence-electron chi connectivity index (χ3n) is 4.46. The average molecular weight is 369 g/mol. The summed E-state index contributed by atoms with van der Waals surface area (Å²) in [6.45, 7) is 2.99. The van der Waals surface area contributed by atoms with Gasteiger partial charge in [-0.3, -0.25) is 24.2 Å². The molecule has 8 heteroatoms. The van der Waals surface area contributed by atoms with Gasteiger partial charge in [0.2, 0.25) is 0 Å². The van der Waals surface area contributed by atoms with Crippen molar-refractivity contribution in [3.63, 3.8) is 0 Å². The minimum Gasteiger partial charge on any atom is -0.298 e. The summed E-state index contributed by atoms with van der Waals surface area (Å²) in [6.07, 6.45) is 6.67. The Morgan fingerprint density at radius 2 is 2.08 bits per heavy atom. The van der Waals surface area contributed by atoms with E-state index < -0.39 is 11.5 Å². The molecule has 0 saturated carbocycles. The van der Waals surface area contributed by atoms with Crippen molar-refractivity contribution in [2.24, 2.45) is 0 Å². The first kappa shape index (κ1) is 16.9. The lowest BCUT2D eigenvalue weighted by molar-refractivity contribution is 0.102. The minimum absolute atomic E-state index is 0.00137. The summed E-state index contributed by atoms with van der Waals surface area (Å²) in [6, 6.07) is 5.24. The van der Waals surface area contributed by atoms with E-state index >= 15 is 0 Å². The van der Waals surface area contributed by atoms with Gasteiger partial charge < -0.3 is 0 Å². The Balaban J connectivity index is 1.48. The van der Waals surface area contributed by atoms with Crippen LogP contribution in [0.1, 0.15) is 35.3 Å². The minimum atomic E-state index is -0.486. The van der Waals surface area contributed by atoms with Gasteiger partial charge in [0.25, 0.3) is 11.5 Å². The number of pyridine rings is 1. The zero-order chi connectivity index (χ0) is 17.9. The van der Waals surface area contributed by atoms with Gasteiger partial charge in [-0.25, -0.2) is 9.97 Å². The summed E-state index contributed by atoms with van der Waals surface area (Å²) in [5, 5.41) is 5.17. The normalized spacial score (nSPS) is 15.2. The predicted molar refractivity (Wildman–Crippen MR) is 101 cm³/mol. The number of anilines is 1. The maximum Gasteiger partial charge on any atom is 0.270 e. The molecule has 3 aromatic heterocycles. The van der Waals surface area contributed by atoms with E-state index in [9.17, 15) is 9.59 Å². The van der Waals surface area contributed by atoms with Crippen molar-refractivity contribution in [1.82, 2.24) is 19.3 Å². The lowest BCUT2D eigenvalue weighted by Crippen LogP contribution is -2.29. The van der Waals surface area contributed by atoms with Crippen molar-refractivity contribution in [2.45, 2.75) is 25.8 Å². The van der Waals surface area contributed by atoms with E-state index in [4.69, 9.17) is 0 Å². The van der Waals surface area contributed by atoms with Gasteiger partial charge in [0, 0.05) is 24.3 Å². The summed E-state index contributed by atoms with van der Waals surface area (Å²) in [5.74, 6) is -0.486. The summed E-state index contributed by atoms with van der Waals surface area (Å²) in [4.78, 5) is 36.0. The summed E-state index contributed by atoms with van der Waals surface area (Å²) < 4.78 is 1.36. The Morgan fingerprint density at radius 3 is 2.92 bits per heavy atom. The number of hydrogen-bond donors (Lipinski definition) is 1. The van der Waals surface area contributed by atoms with Crippen molar-refractivity contribution < 1.29 is 4.79 Å². The summed E-state index contributed by atoms with van der Waals surface area (Å²) >= 11 is 1.37. The van der Waals surface area contributed by atoms with Gasteiger partial charge in [0.1, 0.15) is 11.2 Å². The van der Waals surface area contributed by atoms with Crippen molar-refractivity contribution in [2.75, 3.05) is 18.4 Å². The molecule has 4 rings (SSSR count). The maximum absolute atomic E-state index is 12.5. The lowest BCUT2D eigenvalue weighted by Gasteiger charge is -2.25. The summed E-state index contributed by atoms with van der Waals surface area (Å²) in [5.41, 5.74) is 1.06. The van der Waals surface area contributed by atoms with E-state index in [-0.39, 0.29) is 5.56 Å². The second-order valence-electron chi connectivity index (χ2n) is 6.34. The number of fused-ring (bicyclic) bond motifs is 1. The van der Waals surface area contributed by atoms with Gasteiger partial charge in [-0.1, -0.05) is 12.5 Å². The van der Waals surface area contributed by atoms with Crippen LogP contribution in [0.25, 0.3) is 5.65 Å². The number of nitrogens with one attached hydrogen (secondary N) is 1. The number of nitrogens with zero attached hydrogens (tertiary/aromatic N) is 4. The molecule has 4 heterocycles. The second-order valence-corrected chi connectivity index (χ2v) is 7.20. The van der Waals surface area contributed by atoms with Gasteiger partial charge >= 0.3 is 0 Å². The number of thiazole rings is 1. The van der Waals surface area contributed by atoms with E-state index in [1.54, 1.807) is 24.4 Å². The molecule has 0 atom stereocenters. The molecular formula is C18H19N5O2S. The number of rotatable bonds is 4. The smallest absolute Gasteiger partial charge is 0.270 e. The Kier molecular flexibility index (Phi) is 4.77. The highest BCUT2D eigenvalue weighted by Gasteiger charge is 2.16. The van der Waals surface area contributed by atoms with Gasteiger partial charge in [-0.15, -0.1) is 11.3 Å². The maximum atomic E-state index is 12.5. The fraction of sp³-hybridized carbons (Fsp3) is 0.333. The highest BCUT2D eigenvalue weighted by Crippen LogP contribution is 2.19. The molecule has 1 saturated heterocycles. The van der Waals surface area contributed by atoms with E-state index in [2.05, 4.69) is 20.2 Å². The third kappa shape index (κ3) is 3.51. The van der Waals surface area contributed by atoms with Gasteiger partial charge in [-0.2, -0.15) is 0 Å². The van der Waals surface area contributed by atoms with Crippen LogP contribution in [0.2, 0.25) is 0 Å². The standard InChI is InChI=1S/C18H19N5O2S/c24-16(14-10-19-15-6-2-5-9-23(15)17(14)25)21-18-20-13(12-26-18)11-22-7-3-1-4-8-22/h2,5-6,9-10,12H,1,3-4,7-8,11H2,(H,20,21,24). The molecule has 1 N–H and O–H groups in total. The predicted octanol–water partition coefficient (Wildman–Crippen LogP) is 2.39. The van der Waals surface area contributed by atoms with Crippen LogP contribution in [0.5, 0.6) is 0 Å². The molecule has 134 valence electrons. The molecule has 3 aromatic rings. The molecular weight excluding hydrogens is 350 g/mol. The van der Waals surface area contributed by atoms with E-state index in [1.807, 2.05) is 5.38 Å².